The molecule has 6 rings (SSSR count). The van der Waals surface area contributed by atoms with Crippen molar-refractivity contribution in [2.24, 2.45) is 5.92 Å². The predicted octanol–water partition coefficient (Wildman–Crippen LogP) is 7.50. The van der Waals surface area contributed by atoms with Gasteiger partial charge in [-0.2, -0.15) is 0 Å². The summed E-state index contributed by atoms with van der Waals surface area (Å²) < 4.78 is 11.8. The Balaban J connectivity index is 1.46. The van der Waals surface area contributed by atoms with Gasteiger partial charge in [0.25, 0.3) is 0 Å². The van der Waals surface area contributed by atoms with Crippen molar-refractivity contribution in [1.29, 1.82) is 0 Å². The van der Waals surface area contributed by atoms with Crippen molar-refractivity contribution in [3.63, 3.8) is 0 Å². The second kappa shape index (κ2) is 10.3. The number of likely N-dealkylation sites (tertiary alicyclic amines) is 1. The lowest BCUT2D eigenvalue weighted by molar-refractivity contribution is 0.0537. The Morgan fingerprint density at radius 3 is 2.56 bits per heavy atom. The van der Waals surface area contributed by atoms with Gasteiger partial charge in [-0.25, -0.2) is 4.79 Å². The molecule has 0 saturated carbocycles. The van der Waals surface area contributed by atoms with Crippen molar-refractivity contribution in [3.05, 3.63) is 95.7 Å². The van der Waals surface area contributed by atoms with Gasteiger partial charge in [-0.1, -0.05) is 83.3 Å². The first kappa shape index (κ1) is 26.4. The topological polar surface area (TPSA) is 43.7 Å². The van der Waals surface area contributed by atoms with Gasteiger partial charge < -0.3 is 18.9 Å². The van der Waals surface area contributed by atoms with Crippen LogP contribution in [0.25, 0.3) is 16.6 Å². The molecule has 1 aliphatic carbocycles. The summed E-state index contributed by atoms with van der Waals surface area (Å²) in [6.45, 7) is 0.820. The number of carbonyl (C=O) groups excluding carboxylic acids is 1. The van der Waals surface area contributed by atoms with Crippen LogP contribution in [0.2, 0.25) is 0 Å². The molecule has 2 atom stereocenters. The number of para-hydroxylation sites is 2. The average Bonchev–Trinajstić information content (AvgIpc) is 3.27. The molecular formula is C31H29Cl3N2O3. The smallest absolute Gasteiger partial charge is 0.409 e. The normalized spacial score (nSPS) is 20.8. The Morgan fingerprint density at radius 2 is 1.79 bits per heavy atom. The third-order valence-corrected chi connectivity index (χ3v) is 8.68. The van der Waals surface area contributed by atoms with Gasteiger partial charge in [0.1, 0.15) is 12.4 Å². The van der Waals surface area contributed by atoms with Crippen LogP contribution in [0.3, 0.4) is 0 Å². The number of piperidine rings is 1. The van der Waals surface area contributed by atoms with Crippen LogP contribution in [0.15, 0.2) is 78.9 Å². The van der Waals surface area contributed by atoms with Crippen molar-refractivity contribution in [1.82, 2.24) is 9.47 Å². The SMILES string of the molecule is COc1cccc(C23CCN(C(=O)OCC(Cl)(Cl)Cl)CC2Cc2c(n(-c4ccccc4)c4ccccc24)C3)c1. The summed E-state index contributed by atoms with van der Waals surface area (Å²) in [6.07, 6.45) is 2.02. The minimum absolute atomic E-state index is 0.168. The molecular weight excluding hydrogens is 555 g/mol. The van der Waals surface area contributed by atoms with Crippen LogP contribution in [-0.2, 0) is 23.0 Å². The summed E-state index contributed by atoms with van der Waals surface area (Å²) in [7, 11) is 1.70. The number of benzene rings is 3. The van der Waals surface area contributed by atoms with Gasteiger partial charge in [-0.15, -0.1) is 0 Å². The average molecular weight is 584 g/mol. The van der Waals surface area contributed by atoms with Crippen LogP contribution in [-0.4, -0.2) is 46.2 Å². The lowest BCUT2D eigenvalue weighted by Gasteiger charge is -2.51. The van der Waals surface area contributed by atoms with Crippen LogP contribution in [0, 0.1) is 5.92 Å². The predicted molar refractivity (Wildman–Crippen MR) is 157 cm³/mol. The Kier molecular flexibility index (Phi) is 6.95. The zero-order valence-corrected chi connectivity index (χ0v) is 23.8. The molecule has 1 amide bonds. The number of methoxy groups -OCH3 is 1. The molecule has 1 saturated heterocycles. The summed E-state index contributed by atoms with van der Waals surface area (Å²) in [5.41, 5.74) is 6.07. The summed E-state index contributed by atoms with van der Waals surface area (Å²) in [5.74, 6) is 1.00. The molecule has 8 heteroatoms. The number of alkyl halides is 3. The first-order valence-corrected chi connectivity index (χ1v) is 14.2. The van der Waals surface area contributed by atoms with Gasteiger partial charge in [0.15, 0.2) is 0 Å². The third-order valence-electron chi connectivity index (χ3n) is 8.35. The maximum absolute atomic E-state index is 13.0. The van der Waals surface area contributed by atoms with E-state index in [2.05, 4.69) is 71.3 Å². The number of fused-ring (bicyclic) bond motifs is 4. The number of amides is 1. The second-order valence-electron chi connectivity index (χ2n) is 10.4. The van der Waals surface area contributed by atoms with Crippen molar-refractivity contribution < 1.29 is 14.3 Å². The van der Waals surface area contributed by atoms with Gasteiger partial charge >= 0.3 is 6.09 Å². The molecule has 0 N–H and O–H groups in total. The van der Waals surface area contributed by atoms with Gasteiger partial charge in [0.2, 0.25) is 3.79 Å². The third kappa shape index (κ3) is 4.86. The minimum atomic E-state index is -1.64. The first-order chi connectivity index (χ1) is 18.8. The fraction of sp³-hybridized carbons (Fsp3) is 0.323. The molecule has 1 aliphatic heterocycles. The molecule has 2 unspecified atom stereocenters. The van der Waals surface area contributed by atoms with E-state index in [0.717, 1.165) is 30.7 Å². The molecule has 0 radical (unpaired) electrons. The summed E-state index contributed by atoms with van der Waals surface area (Å²) in [5, 5.41) is 1.26. The quantitative estimate of drug-likeness (QED) is 0.234. The number of hydrogen-bond acceptors (Lipinski definition) is 3. The van der Waals surface area contributed by atoms with E-state index in [1.807, 2.05) is 12.1 Å². The van der Waals surface area contributed by atoms with Gasteiger partial charge in [0, 0.05) is 35.3 Å². The Hall–Kier alpha value is -2.86. The molecule has 202 valence electrons. The first-order valence-electron chi connectivity index (χ1n) is 13.1. The van der Waals surface area contributed by atoms with E-state index in [9.17, 15) is 4.79 Å². The van der Waals surface area contributed by atoms with Crippen LogP contribution >= 0.6 is 34.8 Å². The Labute approximate surface area is 243 Å². The highest BCUT2D eigenvalue weighted by Gasteiger charge is 2.50. The van der Waals surface area contributed by atoms with Gasteiger partial charge in [-0.05, 0) is 66.6 Å². The summed E-state index contributed by atoms with van der Waals surface area (Å²) in [6, 6.07) is 27.6. The summed E-state index contributed by atoms with van der Waals surface area (Å²) in [4.78, 5) is 14.8. The van der Waals surface area contributed by atoms with E-state index >= 15 is 0 Å². The second-order valence-corrected chi connectivity index (χ2v) is 13.0. The molecule has 2 aliphatic rings. The van der Waals surface area contributed by atoms with Crippen molar-refractivity contribution >= 4 is 51.8 Å². The maximum atomic E-state index is 13.0. The van der Waals surface area contributed by atoms with Crippen LogP contribution in [0.5, 0.6) is 5.75 Å². The molecule has 3 aromatic carbocycles. The van der Waals surface area contributed by atoms with E-state index in [1.165, 1.54) is 27.7 Å². The van der Waals surface area contributed by atoms with Gasteiger partial charge in [-0.3, -0.25) is 0 Å². The molecule has 4 aromatic rings. The van der Waals surface area contributed by atoms with Crippen molar-refractivity contribution in [2.75, 3.05) is 26.8 Å². The zero-order valence-electron chi connectivity index (χ0n) is 21.6. The lowest BCUT2D eigenvalue weighted by atomic mass is 9.58. The largest absolute Gasteiger partial charge is 0.497 e. The molecule has 0 spiro atoms. The van der Waals surface area contributed by atoms with E-state index in [-0.39, 0.29) is 17.9 Å². The number of rotatable bonds is 4. The van der Waals surface area contributed by atoms with E-state index < -0.39 is 9.89 Å². The molecule has 39 heavy (non-hydrogen) atoms. The highest BCUT2D eigenvalue weighted by Crippen LogP contribution is 2.51. The fourth-order valence-electron chi connectivity index (χ4n) is 6.57. The molecule has 1 aromatic heterocycles. The number of halogens is 3. The number of hydrogen-bond donors (Lipinski definition) is 0. The Morgan fingerprint density at radius 1 is 1.03 bits per heavy atom. The summed E-state index contributed by atoms with van der Waals surface area (Å²) >= 11 is 17.5. The van der Waals surface area contributed by atoms with E-state index in [4.69, 9.17) is 44.3 Å². The fourth-order valence-corrected chi connectivity index (χ4v) is 6.73. The van der Waals surface area contributed by atoms with E-state index in [0.29, 0.717) is 13.1 Å². The molecule has 5 nitrogen and oxygen atoms in total. The van der Waals surface area contributed by atoms with Crippen LogP contribution in [0.1, 0.15) is 23.2 Å². The molecule has 0 bridgehead atoms. The standard InChI is InChI=1S/C31H29Cl3N2O3/c1-38-24-11-7-8-21(16-24)30-14-15-35(29(37)39-20-31(32,33)34)19-22(30)17-26-25-12-5-6-13-27(25)36(28(26)18-30)23-9-3-2-4-10-23/h2-13,16,22H,14-15,17-20H2,1H3. The number of nitrogens with zero attached hydrogens (tertiary/aromatic N) is 2. The van der Waals surface area contributed by atoms with Gasteiger partial charge in [0.05, 0.1) is 12.6 Å². The van der Waals surface area contributed by atoms with Crippen LogP contribution < -0.4 is 4.74 Å². The molecule has 1 fully saturated rings. The Bertz CT molecular complexity index is 1510. The lowest BCUT2D eigenvalue weighted by Crippen LogP contribution is -2.55. The number of aromatic nitrogens is 1. The van der Waals surface area contributed by atoms with Crippen molar-refractivity contribution in [2.45, 2.75) is 28.5 Å². The van der Waals surface area contributed by atoms with Crippen molar-refractivity contribution in [3.8, 4) is 11.4 Å². The highest BCUT2D eigenvalue weighted by atomic mass is 35.6. The highest BCUT2D eigenvalue weighted by molar-refractivity contribution is 6.67. The number of carbonyl (C=O) groups is 1. The minimum Gasteiger partial charge on any atom is -0.497 e. The monoisotopic (exact) mass is 582 g/mol. The maximum Gasteiger partial charge on any atom is 0.409 e. The molecule has 2 heterocycles. The number of ether oxygens (including phenoxy) is 2. The van der Waals surface area contributed by atoms with E-state index in [1.54, 1.807) is 12.0 Å². The zero-order chi connectivity index (χ0) is 27.2. The van der Waals surface area contributed by atoms with Crippen LogP contribution in [0.4, 0.5) is 4.79 Å².